The zero-order valence-corrected chi connectivity index (χ0v) is 17.8. The van der Waals surface area contributed by atoms with E-state index < -0.39 is 0 Å². The maximum Gasteiger partial charge on any atom is 0.410 e. The second-order valence-electron chi connectivity index (χ2n) is 6.90. The zero-order valence-electron chi connectivity index (χ0n) is 15.4. The summed E-state index contributed by atoms with van der Waals surface area (Å²) in [5, 5.41) is 3.20. The van der Waals surface area contributed by atoms with Gasteiger partial charge < -0.3 is 9.64 Å². The summed E-state index contributed by atoms with van der Waals surface area (Å²) < 4.78 is 6.56. The van der Waals surface area contributed by atoms with Crippen molar-refractivity contribution in [1.82, 2.24) is 9.88 Å². The van der Waals surface area contributed by atoms with E-state index in [-0.39, 0.29) is 12.0 Å². The van der Waals surface area contributed by atoms with Crippen LogP contribution in [-0.2, 0) is 11.3 Å². The Bertz CT molecular complexity index is 927. The van der Waals surface area contributed by atoms with Crippen LogP contribution >= 0.6 is 27.3 Å². The van der Waals surface area contributed by atoms with Gasteiger partial charge in [-0.15, -0.1) is 11.3 Å². The standard InChI is InChI=1S/C22H21BrN2O2S/c23-19-10-8-17(9-11-19)20-15-28-21(24-20)18-7-4-12-25(13-18)22(26)27-14-16-5-2-1-3-6-16/h1-3,5-6,8-11,15,18H,4,7,12-14H2. The summed E-state index contributed by atoms with van der Waals surface area (Å²) in [5.74, 6) is 0.271. The highest BCUT2D eigenvalue weighted by Crippen LogP contribution is 2.32. The number of benzene rings is 2. The van der Waals surface area contributed by atoms with Crippen molar-refractivity contribution in [2.45, 2.75) is 25.4 Å². The van der Waals surface area contributed by atoms with Gasteiger partial charge in [0, 0.05) is 34.4 Å². The summed E-state index contributed by atoms with van der Waals surface area (Å²) in [4.78, 5) is 19.2. The number of halogens is 1. The number of nitrogens with zero attached hydrogens (tertiary/aromatic N) is 2. The van der Waals surface area contributed by atoms with Crippen LogP contribution in [-0.4, -0.2) is 29.1 Å². The maximum atomic E-state index is 12.5. The molecule has 1 aliphatic heterocycles. The number of hydrogen-bond acceptors (Lipinski definition) is 4. The van der Waals surface area contributed by atoms with Gasteiger partial charge in [0.15, 0.2) is 0 Å². The summed E-state index contributed by atoms with van der Waals surface area (Å²) in [6, 6.07) is 18.0. The van der Waals surface area contributed by atoms with Gasteiger partial charge in [-0.3, -0.25) is 0 Å². The highest BCUT2D eigenvalue weighted by Gasteiger charge is 2.27. The van der Waals surface area contributed by atoms with E-state index in [0.29, 0.717) is 13.2 Å². The Morgan fingerprint density at radius 1 is 1.18 bits per heavy atom. The monoisotopic (exact) mass is 456 g/mol. The van der Waals surface area contributed by atoms with E-state index in [1.54, 1.807) is 11.3 Å². The first-order chi connectivity index (χ1) is 13.7. The normalized spacial score (nSPS) is 16.8. The fraction of sp³-hybridized carbons (Fsp3) is 0.273. The molecule has 1 amide bonds. The van der Waals surface area contributed by atoms with Crippen molar-refractivity contribution >= 4 is 33.4 Å². The number of thiazole rings is 1. The molecule has 2 heterocycles. The molecule has 1 unspecified atom stereocenters. The Morgan fingerprint density at radius 2 is 1.96 bits per heavy atom. The van der Waals surface area contributed by atoms with Crippen LogP contribution in [0.4, 0.5) is 4.79 Å². The lowest BCUT2D eigenvalue weighted by Gasteiger charge is -2.31. The summed E-state index contributed by atoms with van der Waals surface area (Å²) >= 11 is 5.14. The van der Waals surface area contributed by atoms with Crippen molar-refractivity contribution in [1.29, 1.82) is 0 Å². The lowest BCUT2D eigenvalue weighted by Crippen LogP contribution is -2.39. The molecule has 1 aliphatic rings. The Morgan fingerprint density at radius 3 is 2.75 bits per heavy atom. The van der Waals surface area contributed by atoms with Gasteiger partial charge >= 0.3 is 6.09 Å². The number of piperidine rings is 1. The second-order valence-corrected chi connectivity index (χ2v) is 8.71. The molecule has 144 valence electrons. The van der Waals surface area contributed by atoms with Crippen LogP contribution in [0.1, 0.15) is 29.3 Å². The van der Waals surface area contributed by atoms with Crippen LogP contribution in [0.5, 0.6) is 0 Å². The lowest BCUT2D eigenvalue weighted by atomic mass is 9.99. The molecule has 1 aromatic heterocycles. The predicted octanol–water partition coefficient (Wildman–Crippen LogP) is 6.09. The molecule has 4 rings (SSSR count). The first-order valence-corrected chi connectivity index (χ1v) is 11.0. The van der Waals surface area contributed by atoms with Gasteiger partial charge in [-0.1, -0.05) is 58.4 Å². The van der Waals surface area contributed by atoms with Crippen LogP contribution in [0.3, 0.4) is 0 Å². The van der Waals surface area contributed by atoms with Crippen LogP contribution in [0.25, 0.3) is 11.3 Å². The van der Waals surface area contributed by atoms with Crippen molar-refractivity contribution in [2.75, 3.05) is 13.1 Å². The predicted molar refractivity (Wildman–Crippen MR) is 115 cm³/mol. The molecule has 1 atom stereocenters. The molecule has 0 radical (unpaired) electrons. The summed E-state index contributed by atoms with van der Waals surface area (Å²) in [6.45, 7) is 1.72. The highest BCUT2D eigenvalue weighted by molar-refractivity contribution is 9.10. The number of carbonyl (C=O) groups excluding carboxylic acids is 1. The average Bonchev–Trinajstić information content (AvgIpc) is 3.24. The number of amides is 1. The van der Waals surface area contributed by atoms with Crippen LogP contribution in [0.15, 0.2) is 64.5 Å². The summed E-state index contributed by atoms with van der Waals surface area (Å²) in [7, 11) is 0. The first-order valence-electron chi connectivity index (χ1n) is 9.36. The number of ether oxygens (including phenoxy) is 1. The van der Waals surface area contributed by atoms with Gasteiger partial charge in [0.25, 0.3) is 0 Å². The van der Waals surface area contributed by atoms with E-state index >= 15 is 0 Å². The third kappa shape index (κ3) is 4.62. The van der Waals surface area contributed by atoms with Gasteiger partial charge in [0.05, 0.1) is 10.7 Å². The largest absolute Gasteiger partial charge is 0.445 e. The molecule has 1 fully saturated rings. The van der Waals surface area contributed by atoms with E-state index in [0.717, 1.165) is 45.7 Å². The third-order valence-electron chi connectivity index (χ3n) is 4.90. The molecule has 3 aromatic rings. The number of hydrogen-bond donors (Lipinski definition) is 0. The van der Waals surface area contributed by atoms with Crippen molar-refractivity contribution < 1.29 is 9.53 Å². The first kappa shape index (κ1) is 19.2. The van der Waals surface area contributed by atoms with Gasteiger partial charge in [-0.05, 0) is 30.5 Å². The van der Waals surface area contributed by atoms with E-state index in [9.17, 15) is 4.79 Å². The second kappa shape index (κ2) is 8.88. The minimum absolute atomic E-state index is 0.238. The molecule has 0 saturated carbocycles. The fourth-order valence-electron chi connectivity index (χ4n) is 3.38. The molecule has 4 nitrogen and oxygen atoms in total. The average molecular weight is 457 g/mol. The molecule has 0 spiro atoms. The number of rotatable bonds is 4. The topological polar surface area (TPSA) is 42.4 Å². The number of likely N-dealkylation sites (tertiary alicyclic amines) is 1. The van der Waals surface area contributed by atoms with E-state index in [2.05, 4.69) is 33.4 Å². The van der Waals surface area contributed by atoms with Crippen molar-refractivity contribution in [3.8, 4) is 11.3 Å². The number of aromatic nitrogens is 1. The molecule has 6 heteroatoms. The maximum absolute atomic E-state index is 12.5. The molecule has 0 N–H and O–H groups in total. The fourth-order valence-corrected chi connectivity index (χ4v) is 4.60. The van der Waals surface area contributed by atoms with Crippen LogP contribution < -0.4 is 0 Å². The van der Waals surface area contributed by atoms with Gasteiger partial charge in [-0.2, -0.15) is 0 Å². The Labute approximate surface area is 177 Å². The minimum atomic E-state index is -0.238. The van der Waals surface area contributed by atoms with Gasteiger partial charge in [0.2, 0.25) is 0 Å². The Balaban J connectivity index is 1.38. The number of carbonyl (C=O) groups is 1. The quantitative estimate of drug-likeness (QED) is 0.476. The summed E-state index contributed by atoms with van der Waals surface area (Å²) in [6.07, 6.45) is 1.78. The van der Waals surface area contributed by atoms with E-state index in [1.807, 2.05) is 47.4 Å². The Hall–Kier alpha value is -2.18. The smallest absolute Gasteiger partial charge is 0.410 e. The molecule has 28 heavy (non-hydrogen) atoms. The van der Waals surface area contributed by atoms with Crippen LogP contribution in [0, 0.1) is 0 Å². The van der Waals surface area contributed by atoms with Gasteiger partial charge in [0.1, 0.15) is 6.61 Å². The molecular formula is C22H21BrN2O2S. The van der Waals surface area contributed by atoms with Crippen molar-refractivity contribution in [3.05, 3.63) is 75.0 Å². The van der Waals surface area contributed by atoms with Crippen molar-refractivity contribution in [3.63, 3.8) is 0 Å². The minimum Gasteiger partial charge on any atom is -0.445 e. The zero-order chi connectivity index (χ0) is 19.3. The van der Waals surface area contributed by atoms with Gasteiger partial charge in [-0.25, -0.2) is 9.78 Å². The van der Waals surface area contributed by atoms with Crippen LogP contribution in [0.2, 0.25) is 0 Å². The van der Waals surface area contributed by atoms with E-state index in [1.165, 1.54) is 0 Å². The molecule has 0 bridgehead atoms. The lowest BCUT2D eigenvalue weighted by molar-refractivity contribution is 0.0858. The SMILES string of the molecule is O=C(OCc1ccccc1)N1CCCC(c2nc(-c3ccc(Br)cc3)cs2)C1. The molecule has 0 aliphatic carbocycles. The Kier molecular flexibility index (Phi) is 6.07. The molecule has 1 saturated heterocycles. The summed E-state index contributed by atoms with van der Waals surface area (Å²) in [5.41, 5.74) is 3.11. The molecule has 2 aromatic carbocycles. The van der Waals surface area contributed by atoms with Crippen molar-refractivity contribution in [2.24, 2.45) is 0 Å². The van der Waals surface area contributed by atoms with E-state index in [4.69, 9.17) is 9.72 Å². The highest BCUT2D eigenvalue weighted by atomic mass is 79.9. The molecular weight excluding hydrogens is 436 g/mol. The third-order valence-corrected chi connectivity index (χ3v) is 6.43.